The summed E-state index contributed by atoms with van der Waals surface area (Å²) in [5.74, 6) is 11.4. The van der Waals surface area contributed by atoms with Crippen LogP contribution < -0.4 is 0 Å². The number of hydrogen-bond donors (Lipinski definition) is 0. The normalized spacial score (nSPS) is 19.7. The predicted octanol–water partition coefficient (Wildman–Crippen LogP) is 5.09. The minimum Gasteiger partial charge on any atom is -0.369 e. The fraction of sp³-hybridized carbons (Fsp3) is 0.789. The van der Waals surface area contributed by atoms with Crippen LogP contribution in [0.4, 0.5) is 0 Å². The molecule has 0 radical (unpaired) electrons. The summed E-state index contributed by atoms with van der Waals surface area (Å²) in [4.78, 5) is 0. The molecule has 0 aromatic carbocycles. The van der Waals surface area contributed by atoms with Crippen LogP contribution in [0.1, 0.15) is 84.5 Å². The van der Waals surface area contributed by atoms with Crippen LogP contribution in [-0.2, 0) is 4.74 Å². The van der Waals surface area contributed by atoms with E-state index >= 15 is 0 Å². The Labute approximate surface area is 125 Å². The molecule has 0 amide bonds. The van der Waals surface area contributed by atoms with Crippen molar-refractivity contribution >= 4 is 0 Å². The van der Waals surface area contributed by atoms with Gasteiger partial charge in [-0.1, -0.05) is 76.6 Å². The lowest BCUT2D eigenvalue weighted by Crippen LogP contribution is -1.93. The van der Waals surface area contributed by atoms with Crippen molar-refractivity contribution < 1.29 is 4.74 Å². The van der Waals surface area contributed by atoms with E-state index in [1.807, 2.05) is 6.92 Å². The highest BCUT2D eigenvalue weighted by Crippen LogP contribution is 2.29. The van der Waals surface area contributed by atoms with Crippen LogP contribution in [0.2, 0.25) is 0 Å². The molecule has 1 aliphatic rings. The van der Waals surface area contributed by atoms with Gasteiger partial charge in [0.05, 0.1) is 12.2 Å². The molecule has 1 rings (SSSR count). The smallest absolute Gasteiger partial charge is 0.0951 e. The number of epoxide rings is 1. The molecular formula is C19H30O. The zero-order valence-corrected chi connectivity index (χ0v) is 13.3. The second-order valence-corrected chi connectivity index (χ2v) is 5.71. The van der Waals surface area contributed by atoms with E-state index in [1.54, 1.807) is 0 Å². The Morgan fingerprint density at radius 3 is 2.10 bits per heavy atom. The van der Waals surface area contributed by atoms with Gasteiger partial charge >= 0.3 is 0 Å². The summed E-state index contributed by atoms with van der Waals surface area (Å²) in [7, 11) is 0. The molecule has 0 saturated carbocycles. The SMILES string of the molecule is CC#CC#CC[C@@H]1O[C@@H]1CCCCCCCCCCC. The van der Waals surface area contributed by atoms with Gasteiger partial charge in [-0.2, -0.15) is 0 Å². The van der Waals surface area contributed by atoms with Crippen LogP contribution in [0.15, 0.2) is 0 Å². The van der Waals surface area contributed by atoms with E-state index in [9.17, 15) is 0 Å². The van der Waals surface area contributed by atoms with Gasteiger partial charge in [0.2, 0.25) is 0 Å². The molecule has 1 saturated heterocycles. The van der Waals surface area contributed by atoms with E-state index in [1.165, 1.54) is 64.2 Å². The Balaban J connectivity index is 1.82. The van der Waals surface area contributed by atoms with Crippen LogP contribution in [0.5, 0.6) is 0 Å². The van der Waals surface area contributed by atoms with E-state index in [-0.39, 0.29) is 0 Å². The molecule has 1 aliphatic heterocycles. The topological polar surface area (TPSA) is 12.5 Å². The van der Waals surface area contributed by atoms with Crippen LogP contribution in [0, 0.1) is 23.7 Å². The summed E-state index contributed by atoms with van der Waals surface area (Å²) in [5.41, 5.74) is 0. The summed E-state index contributed by atoms with van der Waals surface area (Å²) in [6.07, 6.45) is 15.5. The Kier molecular flexibility index (Phi) is 10.2. The Hall–Kier alpha value is -0.920. The summed E-state index contributed by atoms with van der Waals surface area (Å²) in [6, 6.07) is 0. The maximum Gasteiger partial charge on any atom is 0.0951 e. The Morgan fingerprint density at radius 2 is 1.45 bits per heavy atom. The van der Waals surface area contributed by atoms with Gasteiger partial charge in [0.15, 0.2) is 0 Å². The van der Waals surface area contributed by atoms with E-state index < -0.39 is 0 Å². The zero-order chi connectivity index (χ0) is 14.5. The number of hydrogen-bond acceptors (Lipinski definition) is 1. The maximum atomic E-state index is 5.62. The summed E-state index contributed by atoms with van der Waals surface area (Å²) >= 11 is 0. The molecule has 1 fully saturated rings. The molecule has 0 N–H and O–H groups in total. The minimum absolute atomic E-state index is 0.398. The van der Waals surface area contributed by atoms with Crippen LogP contribution in [0.25, 0.3) is 0 Å². The first-order chi connectivity index (χ1) is 9.88. The third kappa shape index (κ3) is 9.06. The van der Waals surface area contributed by atoms with Crippen molar-refractivity contribution in [3.05, 3.63) is 0 Å². The fourth-order valence-corrected chi connectivity index (χ4v) is 2.53. The van der Waals surface area contributed by atoms with Gasteiger partial charge in [0.25, 0.3) is 0 Å². The zero-order valence-electron chi connectivity index (χ0n) is 13.3. The third-order valence-electron chi connectivity index (χ3n) is 3.86. The first-order valence-corrected chi connectivity index (χ1v) is 8.43. The van der Waals surface area contributed by atoms with Crippen LogP contribution in [-0.4, -0.2) is 12.2 Å². The van der Waals surface area contributed by atoms with Crippen molar-refractivity contribution in [2.24, 2.45) is 0 Å². The standard InChI is InChI=1S/C19H30O/c1-3-5-7-9-10-11-12-13-15-17-19-18(20-19)16-14-8-6-4-2/h18-19H,3,5,7,9-13,15-17H2,1-2H3/t18-,19+/m0/s1. The highest BCUT2D eigenvalue weighted by atomic mass is 16.6. The number of rotatable bonds is 11. The highest BCUT2D eigenvalue weighted by Gasteiger charge is 2.36. The second-order valence-electron chi connectivity index (χ2n) is 5.71. The molecule has 0 aromatic rings. The second kappa shape index (κ2) is 11.9. The lowest BCUT2D eigenvalue weighted by molar-refractivity contribution is 0.359. The van der Waals surface area contributed by atoms with Crippen molar-refractivity contribution in [1.82, 2.24) is 0 Å². The van der Waals surface area contributed by atoms with Crippen molar-refractivity contribution in [3.8, 4) is 23.7 Å². The van der Waals surface area contributed by atoms with Crippen LogP contribution in [0.3, 0.4) is 0 Å². The third-order valence-corrected chi connectivity index (χ3v) is 3.86. The largest absolute Gasteiger partial charge is 0.369 e. The molecule has 0 aromatic heterocycles. The Bertz CT molecular complexity index is 349. The van der Waals surface area contributed by atoms with E-state index in [2.05, 4.69) is 30.6 Å². The first-order valence-electron chi connectivity index (χ1n) is 8.43. The number of unbranched alkanes of at least 4 members (excludes halogenated alkanes) is 8. The molecule has 0 bridgehead atoms. The summed E-state index contributed by atoms with van der Waals surface area (Å²) < 4.78 is 5.62. The van der Waals surface area contributed by atoms with Gasteiger partial charge in [0, 0.05) is 6.42 Å². The molecule has 112 valence electrons. The van der Waals surface area contributed by atoms with Crippen molar-refractivity contribution in [2.45, 2.75) is 96.7 Å². The molecular weight excluding hydrogens is 244 g/mol. The molecule has 0 spiro atoms. The van der Waals surface area contributed by atoms with Gasteiger partial charge < -0.3 is 4.74 Å². The van der Waals surface area contributed by atoms with Crippen molar-refractivity contribution in [1.29, 1.82) is 0 Å². The average molecular weight is 274 g/mol. The van der Waals surface area contributed by atoms with Crippen molar-refractivity contribution in [2.75, 3.05) is 0 Å². The van der Waals surface area contributed by atoms with E-state index in [4.69, 9.17) is 4.74 Å². The lowest BCUT2D eigenvalue weighted by atomic mass is 10.0. The monoisotopic (exact) mass is 274 g/mol. The summed E-state index contributed by atoms with van der Waals surface area (Å²) in [6.45, 7) is 4.09. The fourth-order valence-electron chi connectivity index (χ4n) is 2.53. The Morgan fingerprint density at radius 1 is 0.800 bits per heavy atom. The minimum atomic E-state index is 0.398. The van der Waals surface area contributed by atoms with Gasteiger partial charge in [-0.15, -0.1) is 0 Å². The van der Waals surface area contributed by atoms with Gasteiger partial charge in [-0.25, -0.2) is 0 Å². The van der Waals surface area contributed by atoms with Gasteiger partial charge in [-0.05, 0) is 25.2 Å². The van der Waals surface area contributed by atoms with Crippen molar-refractivity contribution in [3.63, 3.8) is 0 Å². The molecule has 1 nitrogen and oxygen atoms in total. The highest BCUT2D eigenvalue weighted by molar-refractivity contribution is 5.25. The van der Waals surface area contributed by atoms with Gasteiger partial charge in [-0.3, -0.25) is 0 Å². The lowest BCUT2D eigenvalue weighted by Gasteiger charge is -2.01. The molecule has 0 unspecified atom stereocenters. The quantitative estimate of drug-likeness (QED) is 0.290. The molecule has 2 atom stereocenters. The molecule has 20 heavy (non-hydrogen) atoms. The summed E-state index contributed by atoms with van der Waals surface area (Å²) in [5, 5.41) is 0. The molecule has 1 heteroatoms. The first kappa shape index (κ1) is 17.1. The molecule has 0 aliphatic carbocycles. The average Bonchev–Trinajstić information content (AvgIpc) is 3.20. The molecule has 1 heterocycles. The van der Waals surface area contributed by atoms with Gasteiger partial charge in [0.1, 0.15) is 0 Å². The maximum absolute atomic E-state index is 5.62. The van der Waals surface area contributed by atoms with E-state index in [0.29, 0.717) is 12.2 Å². The predicted molar refractivity (Wildman–Crippen MR) is 86.3 cm³/mol. The van der Waals surface area contributed by atoms with Crippen LogP contribution >= 0.6 is 0 Å². The number of ether oxygens (including phenoxy) is 1. The van der Waals surface area contributed by atoms with E-state index in [0.717, 1.165) is 6.42 Å².